The highest BCUT2D eigenvalue weighted by atomic mass is 35.5. The maximum Gasteiger partial charge on any atom is 0.261 e. The van der Waals surface area contributed by atoms with Crippen molar-refractivity contribution in [3.63, 3.8) is 0 Å². The van der Waals surface area contributed by atoms with Crippen LogP contribution in [0.3, 0.4) is 0 Å². The normalized spacial score (nSPS) is 10.8. The van der Waals surface area contributed by atoms with Gasteiger partial charge in [0.05, 0.1) is 27.2 Å². The number of sulfonamides is 1. The second-order valence-corrected chi connectivity index (χ2v) is 9.13. The lowest BCUT2D eigenvalue weighted by Crippen LogP contribution is -2.30. The van der Waals surface area contributed by atoms with E-state index in [0.717, 1.165) is 29.8 Å². The summed E-state index contributed by atoms with van der Waals surface area (Å²) in [5, 5.41) is 9.04. The van der Waals surface area contributed by atoms with Crippen molar-refractivity contribution >= 4 is 33.2 Å². The predicted molar refractivity (Wildman–Crippen MR) is 125 cm³/mol. The molecule has 0 atom stereocenters. The highest BCUT2D eigenvalue weighted by Crippen LogP contribution is 2.27. The van der Waals surface area contributed by atoms with Crippen LogP contribution in [0.15, 0.2) is 84.3 Å². The third-order valence-electron chi connectivity index (χ3n) is 4.67. The number of rotatable bonds is 8. The molecular weight excluding hydrogens is 465 g/mol. The molecule has 0 fully saturated rings. The molecule has 6 nitrogen and oxygen atoms in total. The Morgan fingerprint density at radius 3 is 2.39 bits per heavy atom. The van der Waals surface area contributed by atoms with Gasteiger partial charge in [-0.2, -0.15) is 5.26 Å². The highest BCUT2D eigenvalue weighted by Gasteiger charge is 2.20. The predicted octanol–water partition coefficient (Wildman–Crippen LogP) is 4.98. The van der Waals surface area contributed by atoms with Gasteiger partial charge in [-0.05, 0) is 60.2 Å². The Kier molecular flexibility index (Phi) is 7.48. The lowest BCUT2D eigenvalue weighted by atomic mass is 10.1. The van der Waals surface area contributed by atoms with Crippen LogP contribution in [0, 0.1) is 17.1 Å². The van der Waals surface area contributed by atoms with Crippen molar-refractivity contribution in [2.45, 2.75) is 11.4 Å². The first-order valence-corrected chi connectivity index (χ1v) is 11.6. The SMILES string of the molecule is C=CCN(Cc1ccc(C#N)cc1)C(=O)c1ccc(Cl)c(NS(=O)(=O)c2ccc(F)cc2)c1. The van der Waals surface area contributed by atoms with E-state index in [1.54, 1.807) is 30.3 Å². The maximum atomic E-state index is 13.2. The number of amides is 1. The Bertz CT molecular complexity index is 1320. The first-order valence-electron chi connectivity index (χ1n) is 9.70. The molecule has 0 spiro atoms. The zero-order valence-corrected chi connectivity index (χ0v) is 18.9. The maximum absolute atomic E-state index is 13.2. The van der Waals surface area contributed by atoms with Crippen molar-refractivity contribution in [2.24, 2.45) is 0 Å². The highest BCUT2D eigenvalue weighted by molar-refractivity contribution is 7.92. The number of benzene rings is 3. The molecule has 0 unspecified atom stereocenters. The summed E-state index contributed by atoms with van der Waals surface area (Å²) in [5.74, 6) is -0.928. The molecule has 33 heavy (non-hydrogen) atoms. The van der Waals surface area contributed by atoms with E-state index < -0.39 is 15.8 Å². The molecule has 0 aliphatic rings. The summed E-state index contributed by atoms with van der Waals surface area (Å²) in [4.78, 5) is 14.5. The number of nitrogens with zero attached hydrogens (tertiary/aromatic N) is 2. The van der Waals surface area contributed by atoms with E-state index in [4.69, 9.17) is 16.9 Å². The number of hydrogen-bond donors (Lipinski definition) is 1. The second-order valence-electron chi connectivity index (χ2n) is 7.04. The van der Waals surface area contributed by atoms with Crippen LogP contribution in [0.4, 0.5) is 10.1 Å². The van der Waals surface area contributed by atoms with Gasteiger partial charge in [0.1, 0.15) is 5.82 Å². The third kappa shape index (κ3) is 5.98. The molecule has 0 aliphatic heterocycles. The molecule has 0 aliphatic carbocycles. The van der Waals surface area contributed by atoms with Gasteiger partial charge in [-0.1, -0.05) is 29.8 Å². The molecule has 0 heterocycles. The molecule has 3 aromatic rings. The van der Waals surface area contributed by atoms with Crippen molar-refractivity contribution in [1.29, 1.82) is 5.26 Å². The van der Waals surface area contributed by atoms with Crippen molar-refractivity contribution in [1.82, 2.24) is 4.90 Å². The Labute approximate surface area is 196 Å². The van der Waals surface area contributed by atoms with Gasteiger partial charge in [0.15, 0.2) is 0 Å². The van der Waals surface area contributed by atoms with Gasteiger partial charge < -0.3 is 4.90 Å². The molecule has 3 rings (SSSR count). The van der Waals surface area contributed by atoms with Crippen LogP contribution < -0.4 is 4.72 Å². The van der Waals surface area contributed by atoms with Crippen LogP contribution in [0.25, 0.3) is 0 Å². The van der Waals surface area contributed by atoms with Crippen LogP contribution in [0.5, 0.6) is 0 Å². The topological polar surface area (TPSA) is 90.3 Å². The average Bonchev–Trinajstić information content (AvgIpc) is 2.80. The van der Waals surface area contributed by atoms with Crippen molar-refractivity contribution in [3.8, 4) is 6.07 Å². The molecule has 3 aromatic carbocycles. The number of carbonyl (C=O) groups is 1. The van der Waals surface area contributed by atoms with Gasteiger partial charge >= 0.3 is 0 Å². The fraction of sp³-hybridized carbons (Fsp3) is 0.0833. The molecule has 168 valence electrons. The summed E-state index contributed by atoms with van der Waals surface area (Å²) in [6.45, 7) is 4.20. The van der Waals surface area contributed by atoms with E-state index in [9.17, 15) is 17.6 Å². The summed E-state index contributed by atoms with van der Waals surface area (Å²) in [6.07, 6.45) is 1.58. The van der Waals surface area contributed by atoms with Gasteiger partial charge in [-0.3, -0.25) is 9.52 Å². The first-order chi connectivity index (χ1) is 15.7. The summed E-state index contributed by atoms with van der Waals surface area (Å²) < 4.78 is 40.8. The molecule has 0 bridgehead atoms. The monoisotopic (exact) mass is 483 g/mol. The number of nitrogens with one attached hydrogen (secondary N) is 1. The number of anilines is 1. The standard InChI is InChI=1S/C24H19ClFN3O3S/c1-2-13-29(16-18-5-3-17(15-27)4-6-18)24(30)19-7-12-22(25)23(14-19)28-33(31,32)21-10-8-20(26)9-11-21/h2-12,14,28H,1,13,16H2. The van der Waals surface area contributed by atoms with Crippen LogP contribution in [-0.2, 0) is 16.6 Å². The minimum atomic E-state index is -4.05. The number of carbonyl (C=O) groups excluding carboxylic acids is 1. The Balaban J connectivity index is 1.86. The molecule has 0 saturated carbocycles. The van der Waals surface area contributed by atoms with Crippen molar-refractivity contribution in [2.75, 3.05) is 11.3 Å². The van der Waals surface area contributed by atoms with Gasteiger partial charge in [0, 0.05) is 18.7 Å². The largest absolute Gasteiger partial charge is 0.331 e. The van der Waals surface area contributed by atoms with Crippen molar-refractivity contribution in [3.05, 3.63) is 107 Å². The lowest BCUT2D eigenvalue weighted by molar-refractivity contribution is 0.0762. The Morgan fingerprint density at radius 1 is 1.12 bits per heavy atom. The van der Waals surface area contributed by atoms with Gasteiger partial charge in [0.2, 0.25) is 0 Å². The molecular formula is C24H19ClFN3O3S. The molecule has 0 radical (unpaired) electrons. The van der Waals surface area contributed by atoms with Gasteiger partial charge in [-0.25, -0.2) is 12.8 Å². The van der Waals surface area contributed by atoms with Gasteiger partial charge in [0.25, 0.3) is 15.9 Å². The van der Waals surface area contributed by atoms with Crippen LogP contribution in [-0.4, -0.2) is 25.8 Å². The zero-order valence-electron chi connectivity index (χ0n) is 17.3. The lowest BCUT2D eigenvalue weighted by Gasteiger charge is -2.22. The second kappa shape index (κ2) is 10.3. The average molecular weight is 484 g/mol. The minimum Gasteiger partial charge on any atom is -0.331 e. The third-order valence-corrected chi connectivity index (χ3v) is 6.39. The summed E-state index contributed by atoms with van der Waals surface area (Å²) in [6, 6.07) is 17.5. The summed E-state index contributed by atoms with van der Waals surface area (Å²) in [5.41, 5.74) is 1.56. The first kappa shape index (κ1) is 24.0. The van der Waals surface area contributed by atoms with E-state index in [-0.39, 0.29) is 40.2 Å². The van der Waals surface area contributed by atoms with Crippen molar-refractivity contribution < 1.29 is 17.6 Å². The van der Waals surface area contributed by atoms with Gasteiger partial charge in [-0.15, -0.1) is 6.58 Å². The molecule has 0 aromatic heterocycles. The van der Waals surface area contributed by atoms with E-state index in [1.807, 2.05) is 6.07 Å². The van der Waals surface area contributed by atoms with Crippen LogP contribution in [0.1, 0.15) is 21.5 Å². The zero-order chi connectivity index (χ0) is 24.0. The van der Waals surface area contributed by atoms with E-state index >= 15 is 0 Å². The molecule has 0 saturated heterocycles. The molecule has 1 amide bonds. The fourth-order valence-electron chi connectivity index (χ4n) is 3.02. The smallest absolute Gasteiger partial charge is 0.261 e. The fourth-order valence-corrected chi connectivity index (χ4v) is 4.31. The van der Waals surface area contributed by atoms with Crippen LogP contribution >= 0.6 is 11.6 Å². The summed E-state index contributed by atoms with van der Waals surface area (Å²) in [7, 11) is -4.05. The minimum absolute atomic E-state index is 0.0174. The van der Waals surface area contributed by atoms with E-state index in [2.05, 4.69) is 11.3 Å². The van der Waals surface area contributed by atoms with E-state index in [1.165, 1.54) is 23.1 Å². The Hall–Kier alpha value is -3.67. The molecule has 1 N–H and O–H groups in total. The number of halogens is 2. The quantitative estimate of drug-likeness (QED) is 0.457. The summed E-state index contributed by atoms with van der Waals surface area (Å²) >= 11 is 6.16. The number of nitriles is 1. The van der Waals surface area contributed by atoms with E-state index in [0.29, 0.717) is 5.56 Å². The number of hydrogen-bond acceptors (Lipinski definition) is 4. The Morgan fingerprint density at radius 2 is 1.79 bits per heavy atom. The molecule has 9 heteroatoms. The van der Waals surface area contributed by atoms with Crippen LogP contribution in [0.2, 0.25) is 5.02 Å².